The lowest BCUT2D eigenvalue weighted by atomic mass is 10.0. The van der Waals surface area contributed by atoms with Crippen molar-refractivity contribution in [3.05, 3.63) is 12.4 Å². The van der Waals surface area contributed by atoms with Gasteiger partial charge in [-0.1, -0.05) is 130 Å². The Hall–Kier alpha value is -0.660. The van der Waals surface area contributed by atoms with Crippen LogP contribution in [-0.4, -0.2) is 29.1 Å². The van der Waals surface area contributed by atoms with Crippen molar-refractivity contribution < 1.29 is 0 Å². The molecule has 0 saturated carbocycles. The summed E-state index contributed by atoms with van der Waals surface area (Å²) in [6.07, 6.45) is 35.1. The van der Waals surface area contributed by atoms with Crippen LogP contribution in [0.15, 0.2) is 12.4 Å². The van der Waals surface area contributed by atoms with Crippen molar-refractivity contribution in [3.63, 3.8) is 0 Å². The fraction of sp³-hybridized carbons (Fsp3) is 0.931. The fourth-order valence-corrected chi connectivity index (χ4v) is 4.95. The molecule has 184 valence electrons. The Labute approximate surface area is 197 Å². The molecule has 31 heavy (non-hydrogen) atoms. The van der Waals surface area contributed by atoms with Crippen LogP contribution in [0.4, 0.5) is 0 Å². The Bertz CT molecular complexity index is 392. The molecule has 0 aliphatic carbocycles. The van der Waals surface area contributed by atoms with E-state index in [1.807, 2.05) is 0 Å². The molecule has 0 N–H and O–H groups in total. The van der Waals surface area contributed by atoms with Crippen LogP contribution in [0.25, 0.3) is 0 Å². The third-order valence-corrected chi connectivity index (χ3v) is 7.07. The van der Waals surface area contributed by atoms with Gasteiger partial charge in [0.25, 0.3) is 0 Å². The van der Waals surface area contributed by atoms with E-state index in [2.05, 4.69) is 43.0 Å². The fourth-order valence-electron chi connectivity index (χ4n) is 4.95. The molecule has 0 aromatic carbocycles. The molecule has 1 aliphatic heterocycles. The van der Waals surface area contributed by atoms with Crippen molar-refractivity contribution in [2.45, 2.75) is 162 Å². The molecule has 0 bridgehead atoms. The van der Waals surface area contributed by atoms with E-state index in [4.69, 9.17) is 0 Å². The molecule has 0 aromatic rings. The topological polar surface area (TPSA) is 6.48 Å². The van der Waals surface area contributed by atoms with Gasteiger partial charge in [0.15, 0.2) is 0 Å². The molecule has 0 amide bonds. The molecule has 2 nitrogen and oxygen atoms in total. The van der Waals surface area contributed by atoms with Crippen molar-refractivity contribution in [3.8, 4) is 0 Å². The highest BCUT2D eigenvalue weighted by molar-refractivity contribution is 4.96. The summed E-state index contributed by atoms with van der Waals surface area (Å²) in [7, 11) is 0. The molecular formula is C29H58N2. The van der Waals surface area contributed by atoms with Crippen LogP contribution in [0.5, 0.6) is 0 Å². The molecule has 1 heterocycles. The monoisotopic (exact) mass is 434 g/mol. The minimum Gasteiger partial charge on any atom is -0.356 e. The summed E-state index contributed by atoms with van der Waals surface area (Å²) >= 11 is 0. The van der Waals surface area contributed by atoms with Gasteiger partial charge < -0.3 is 9.80 Å². The zero-order valence-corrected chi connectivity index (χ0v) is 21.9. The van der Waals surface area contributed by atoms with Crippen LogP contribution >= 0.6 is 0 Å². The molecule has 0 spiro atoms. The first-order chi connectivity index (χ1) is 15.3. The number of unbranched alkanes of at least 4 members (excludes halogenated alkanes) is 17. The molecule has 0 radical (unpaired) electrons. The third kappa shape index (κ3) is 14.9. The second-order valence-electron chi connectivity index (χ2n) is 10.1. The standard InChI is InChI=1S/C29H58N2/c1-4-7-10-12-13-14-15-16-17-18-19-20-23-26-31-28-27-30(25-22-11-8-5-2)29(31)24-21-9-6-3/h27-29H,4-26H2,1-3H3. The average molecular weight is 435 g/mol. The number of rotatable bonds is 23. The van der Waals surface area contributed by atoms with E-state index in [0.717, 1.165) is 0 Å². The van der Waals surface area contributed by atoms with Crippen LogP contribution in [0.3, 0.4) is 0 Å². The summed E-state index contributed by atoms with van der Waals surface area (Å²) in [5.74, 6) is 0. The van der Waals surface area contributed by atoms with E-state index in [0.29, 0.717) is 6.17 Å². The molecule has 1 atom stereocenters. The maximum atomic E-state index is 2.66. The first-order valence-electron chi connectivity index (χ1n) is 14.5. The number of hydrogen-bond acceptors (Lipinski definition) is 2. The van der Waals surface area contributed by atoms with Gasteiger partial charge in [-0.15, -0.1) is 0 Å². The zero-order chi connectivity index (χ0) is 22.4. The van der Waals surface area contributed by atoms with Crippen molar-refractivity contribution in [2.75, 3.05) is 13.1 Å². The highest BCUT2D eigenvalue weighted by Gasteiger charge is 2.24. The Balaban J connectivity index is 2.08. The first kappa shape index (κ1) is 28.4. The van der Waals surface area contributed by atoms with Gasteiger partial charge in [-0.2, -0.15) is 0 Å². The summed E-state index contributed by atoms with van der Waals surface area (Å²) in [5.41, 5.74) is 0. The van der Waals surface area contributed by atoms with Crippen molar-refractivity contribution in [1.82, 2.24) is 9.80 Å². The van der Waals surface area contributed by atoms with E-state index in [1.165, 1.54) is 148 Å². The van der Waals surface area contributed by atoms with Gasteiger partial charge in [0.1, 0.15) is 6.17 Å². The molecule has 0 aromatic heterocycles. The highest BCUT2D eigenvalue weighted by atomic mass is 15.4. The third-order valence-electron chi connectivity index (χ3n) is 7.07. The number of hydrogen-bond donors (Lipinski definition) is 0. The molecule has 0 fully saturated rings. The SMILES string of the molecule is CCCCCCCCCCCCCCCN1C=CN(CCCCCC)C1CCCCC. The minimum atomic E-state index is 0.644. The van der Waals surface area contributed by atoms with Gasteiger partial charge in [-0.25, -0.2) is 0 Å². The smallest absolute Gasteiger partial charge is 0.101 e. The lowest BCUT2D eigenvalue weighted by Gasteiger charge is -2.33. The molecule has 1 rings (SSSR count). The molecule has 0 saturated heterocycles. The minimum absolute atomic E-state index is 0.644. The van der Waals surface area contributed by atoms with Crippen molar-refractivity contribution in [2.24, 2.45) is 0 Å². The van der Waals surface area contributed by atoms with Gasteiger partial charge in [-0.3, -0.25) is 0 Å². The Morgan fingerprint density at radius 3 is 1.16 bits per heavy atom. The van der Waals surface area contributed by atoms with Gasteiger partial charge in [0.05, 0.1) is 0 Å². The van der Waals surface area contributed by atoms with Crippen molar-refractivity contribution in [1.29, 1.82) is 0 Å². The largest absolute Gasteiger partial charge is 0.356 e. The maximum absolute atomic E-state index is 2.66. The van der Waals surface area contributed by atoms with Crippen LogP contribution < -0.4 is 0 Å². The van der Waals surface area contributed by atoms with Gasteiger partial charge in [0, 0.05) is 25.5 Å². The van der Waals surface area contributed by atoms with Crippen LogP contribution in [-0.2, 0) is 0 Å². The van der Waals surface area contributed by atoms with E-state index in [-0.39, 0.29) is 0 Å². The van der Waals surface area contributed by atoms with Gasteiger partial charge >= 0.3 is 0 Å². The predicted octanol–water partition coefficient (Wildman–Crippen LogP) is 9.65. The first-order valence-corrected chi connectivity index (χ1v) is 14.5. The van der Waals surface area contributed by atoms with E-state index in [9.17, 15) is 0 Å². The average Bonchev–Trinajstić information content (AvgIpc) is 3.16. The number of nitrogens with zero attached hydrogens (tertiary/aromatic N) is 2. The van der Waals surface area contributed by atoms with Crippen LogP contribution in [0.2, 0.25) is 0 Å². The summed E-state index contributed by atoms with van der Waals surface area (Å²) in [4.78, 5) is 5.31. The van der Waals surface area contributed by atoms with E-state index in [1.54, 1.807) is 0 Å². The summed E-state index contributed by atoms with van der Waals surface area (Å²) in [5, 5.41) is 0. The van der Waals surface area contributed by atoms with Crippen LogP contribution in [0, 0.1) is 0 Å². The Morgan fingerprint density at radius 1 is 0.419 bits per heavy atom. The van der Waals surface area contributed by atoms with Crippen molar-refractivity contribution >= 4 is 0 Å². The predicted molar refractivity (Wildman–Crippen MR) is 140 cm³/mol. The summed E-state index contributed by atoms with van der Waals surface area (Å²) in [6.45, 7) is 9.44. The second-order valence-corrected chi connectivity index (χ2v) is 10.1. The molecule has 1 aliphatic rings. The lowest BCUT2D eigenvalue weighted by Crippen LogP contribution is -2.39. The van der Waals surface area contributed by atoms with Gasteiger partial charge in [0.2, 0.25) is 0 Å². The Morgan fingerprint density at radius 2 is 0.742 bits per heavy atom. The highest BCUT2D eigenvalue weighted by Crippen LogP contribution is 2.23. The summed E-state index contributed by atoms with van der Waals surface area (Å²) in [6, 6.07) is 0. The molecule has 2 heteroatoms. The quantitative estimate of drug-likeness (QED) is 0.148. The normalized spacial score (nSPS) is 16.0. The van der Waals surface area contributed by atoms with E-state index < -0.39 is 0 Å². The second kappa shape index (κ2) is 21.2. The Kier molecular flexibility index (Phi) is 19.4. The summed E-state index contributed by atoms with van der Waals surface area (Å²) < 4.78 is 0. The molecular weight excluding hydrogens is 376 g/mol. The zero-order valence-electron chi connectivity index (χ0n) is 21.9. The van der Waals surface area contributed by atoms with Gasteiger partial charge in [-0.05, 0) is 25.7 Å². The van der Waals surface area contributed by atoms with Crippen LogP contribution in [0.1, 0.15) is 156 Å². The lowest BCUT2D eigenvalue weighted by molar-refractivity contribution is 0.136. The van der Waals surface area contributed by atoms with E-state index >= 15 is 0 Å². The maximum Gasteiger partial charge on any atom is 0.101 e. The molecule has 1 unspecified atom stereocenters.